The van der Waals surface area contributed by atoms with Gasteiger partial charge in [0.2, 0.25) is 0 Å². The smallest absolute Gasteiger partial charge is 0.160 e. The molecule has 0 unspecified atom stereocenters. The number of Topliss-reactive ketones (excluding diaryl/α,β-unsaturated/α-hetero) is 1. The van der Waals surface area contributed by atoms with Gasteiger partial charge in [-0.3, -0.25) is 4.79 Å². The van der Waals surface area contributed by atoms with Gasteiger partial charge < -0.3 is 5.11 Å². The number of aromatic hydroxyl groups is 1. The van der Waals surface area contributed by atoms with Crippen LogP contribution in [0, 0.1) is 0 Å². The van der Waals surface area contributed by atoms with Crippen molar-refractivity contribution in [2.75, 3.05) is 0 Å². The van der Waals surface area contributed by atoms with Crippen molar-refractivity contribution >= 4 is 17.4 Å². The Morgan fingerprint density at radius 1 is 1.58 bits per heavy atom. The predicted octanol–water partition coefficient (Wildman–Crippen LogP) is 2.33. The van der Waals surface area contributed by atoms with Crippen LogP contribution in [0.2, 0.25) is 0 Å². The van der Waals surface area contributed by atoms with Gasteiger partial charge in [0.25, 0.3) is 0 Å². The van der Waals surface area contributed by atoms with Crippen molar-refractivity contribution in [2.45, 2.75) is 12.8 Å². The van der Waals surface area contributed by atoms with Gasteiger partial charge in [-0.1, -0.05) is 12.1 Å². The summed E-state index contributed by atoms with van der Waals surface area (Å²) < 4.78 is 0. The molecule has 0 aliphatic carbocycles. The summed E-state index contributed by atoms with van der Waals surface area (Å²) in [5, 5.41) is 9.30. The standard InChI is InChI=1S/C9H9ClO2/c1-6(11)7-3-2-4-9(12)8(7)5-10/h2-4,12H,5H2,1H3. The van der Waals surface area contributed by atoms with Gasteiger partial charge in [0, 0.05) is 11.1 Å². The molecule has 1 rings (SSSR count). The summed E-state index contributed by atoms with van der Waals surface area (Å²) in [6.45, 7) is 1.45. The Balaban J connectivity index is 3.27. The third-order valence-electron chi connectivity index (χ3n) is 1.66. The number of phenolic OH excluding ortho intramolecular Hbond substituents is 1. The fourth-order valence-electron chi connectivity index (χ4n) is 1.04. The number of carbonyl (C=O) groups excluding carboxylic acids is 1. The minimum absolute atomic E-state index is 0.0812. The minimum Gasteiger partial charge on any atom is -0.508 e. The molecule has 0 atom stereocenters. The number of hydrogen-bond acceptors (Lipinski definition) is 2. The van der Waals surface area contributed by atoms with Crippen LogP contribution in [0.5, 0.6) is 5.75 Å². The number of benzene rings is 1. The Hall–Kier alpha value is -1.02. The van der Waals surface area contributed by atoms with E-state index in [1.165, 1.54) is 13.0 Å². The maximum Gasteiger partial charge on any atom is 0.160 e. The highest BCUT2D eigenvalue weighted by Gasteiger charge is 2.09. The summed E-state index contributed by atoms with van der Waals surface area (Å²) in [5.74, 6) is 0.154. The molecule has 0 aromatic heterocycles. The number of carbonyl (C=O) groups is 1. The summed E-state index contributed by atoms with van der Waals surface area (Å²) in [7, 11) is 0. The van der Waals surface area contributed by atoms with Gasteiger partial charge in [-0.2, -0.15) is 0 Å². The molecular formula is C9H9ClO2. The van der Waals surface area contributed by atoms with Gasteiger partial charge in [0.1, 0.15) is 5.75 Å². The number of alkyl halides is 1. The van der Waals surface area contributed by atoms with E-state index in [1.54, 1.807) is 12.1 Å². The van der Waals surface area contributed by atoms with Gasteiger partial charge >= 0.3 is 0 Å². The normalized spacial score (nSPS) is 9.83. The second-order valence-electron chi connectivity index (χ2n) is 2.49. The first-order valence-corrected chi connectivity index (χ1v) is 4.08. The number of halogens is 1. The zero-order valence-electron chi connectivity index (χ0n) is 6.67. The number of phenols is 1. The van der Waals surface area contributed by atoms with E-state index in [9.17, 15) is 9.90 Å². The van der Waals surface area contributed by atoms with E-state index in [0.717, 1.165) is 0 Å². The Kier molecular flexibility index (Phi) is 2.71. The van der Waals surface area contributed by atoms with Crippen LogP contribution in [0.25, 0.3) is 0 Å². The molecular weight excluding hydrogens is 176 g/mol. The highest BCUT2D eigenvalue weighted by molar-refractivity contribution is 6.18. The van der Waals surface area contributed by atoms with Crippen LogP contribution in [0.3, 0.4) is 0 Å². The highest BCUT2D eigenvalue weighted by Crippen LogP contribution is 2.22. The van der Waals surface area contributed by atoms with Crippen molar-refractivity contribution in [3.8, 4) is 5.75 Å². The third-order valence-corrected chi connectivity index (χ3v) is 1.93. The van der Waals surface area contributed by atoms with Gasteiger partial charge in [-0.15, -0.1) is 11.6 Å². The first-order chi connectivity index (χ1) is 5.66. The lowest BCUT2D eigenvalue weighted by Crippen LogP contribution is -1.97. The molecule has 12 heavy (non-hydrogen) atoms. The molecule has 0 fully saturated rings. The first-order valence-electron chi connectivity index (χ1n) is 3.54. The van der Waals surface area contributed by atoms with Gasteiger partial charge in [0.05, 0.1) is 5.88 Å². The number of ketones is 1. The molecule has 3 heteroatoms. The van der Waals surface area contributed by atoms with Crippen molar-refractivity contribution < 1.29 is 9.90 Å². The van der Waals surface area contributed by atoms with Crippen LogP contribution in [0.1, 0.15) is 22.8 Å². The van der Waals surface area contributed by atoms with Crippen molar-refractivity contribution in [1.29, 1.82) is 0 Å². The zero-order valence-corrected chi connectivity index (χ0v) is 7.43. The third kappa shape index (κ3) is 1.59. The molecule has 0 aliphatic rings. The average molecular weight is 185 g/mol. The second kappa shape index (κ2) is 3.59. The summed E-state index contributed by atoms with van der Waals surface area (Å²) in [4.78, 5) is 11.0. The lowest BCUT2D eigenvalue weighted by molar-refractivity contribution is 0.101. The lowest BCUT2D eigenvalue weighted by Gasteiger charge is -2.04. The zero-order chi connectivity index (χ0) is 9.14. The van der Waals surface area contributed by atoms with E-state index in [2.05, 4.69) is 0 Å². The van der Waals surface area contributed by atoms with Crippen molar-refractivity contribution in [2.24, 2.45) is 0 Å². The molecule has 0 bridgehead atoms. The van der Waals surface area contributed by atoms with Crippen LogP contribution < -0.4 is 0 Å². The molecule has 0 heterocycles. The monoisotopic (exact) mass is 184 g/mol. The Morgan fingerprint density at radius 2 is 2.25 bits per heavy atom. The summed E-state index contributed by atoms with van der Waals surface area (Å²) in [5.41, 5.74) is 0.997. The highest BCUT2D eigenvalue weighted by atomic mass is 35.5. The summed E-state index contributed by atoms with van der Waals surface area (Å²) >= 11 is 5.57. The molecule has 0 spiro atoms. The van der Waals surface area contributed by atoms with Crippen molar-refractivity contribution in [3.05, 3.63) is 29.3 Å². The Morgan fingerprint density at radius 3 is 2.67 bits per heavy atom. The minimum atomic E-state index is -0.0819. The molecule has 1 aromatic carbocycles. The molecule has 64 valence electrons. The van der Waals surface area contributed by atoms with Crippen LogP contribution in [0.15, 0.2) is 18.2 Å². The van der Waals surface area contributed by atoms with Gasteiger partial charge in [-0.05, 0) is 13.0 Å². The summed E-state index contributed by atoms with van der Waals surface area (Å²) in [6, 6.07) is 4.80. The second-order valence-corrected chi connectivity index (χ2v) is 2.76. The largest absolute Gasteiger partial charge is 0.508 e. The first kappa shape index (κ1) is 9.07. The Bertz CT molecular complexity index is 307. The molecule has 1 aromatic rings. The molecule has 0 aliphatic heterocycles. The molecule has 0 saturated carbocycles. The quantitative estimate of drug-likeness (QED) is 0.566. The number of hydrogen-bond donors (Lipinski definition) is 1. The fraction of sp³-hybridized carbons (Fsp3) is 0.222. The van der Waals surface area contributed by atoms with E-state index < -0.39 is 0 Å². The van der Waals surface area contributed by atoms with Gasteiger partial charge in [-0.25, -0.2) is 0 Å². The molecule has 1 N–H and O–H groups in total. The molecule has 2 nitrogen and oxygen atoms in total. The van der Waals surface area contributed by atoms with Crippen molar-refractivity contribution in [1.82, 2.24) is 0 Å². The Labute approximate surface area is 75.8 Å². The van der Waals surface area contributed by atoms with E-state index in [0.29, 0.717) is 11.1 Å². The lowest BCUT2D eigenvalue weighted by atomic mass is 10.1. The van der Waals surface area contributed by atoms with Crippen LogP contribution in [-0.4, -0.2) is 10.9 Å². The van der Waals surface area contributed by atoms with Crippen LogP contribution in [0.4, 0.5) is 0 Å². The topological polar surface area (TPSA) is 37.3 Å². The molecule has 0 amide bonds. The fourth-order valence-corrected chi connectivity index (χ4v) is 1.33. The summed E-state index contributed by atoms with van der Waals surface area (Å²) in [6.07, 6.45) is 0. The van der Waals surface area contributed by atoms with E-state index >= 15 is 0 Å². The maximum absolute atomic E-state index is 11.0. The van der Waals surface area contributed by atoms with Gasteiger partial charge in [0.15, 0.2) is 5.78 Å². The predicted molar refractivity (Wildman–Crippen MR) is 47.7 cm³/mol. The van der Waals surface area contributed by atoms with E-state index in [4.69, 9.17) is 11.6 Å². The van der Waals surface area contributed by atoms with Crippen molar-refractivity contribution in [3.63, 3.8) is 0 Å². The average Bonchev–Trinajstić information content (AvgIpc) is 2.03. The number of rotatable bonds is 2. The molecule has 0 radical (unpaired) electrons. The maximum atomic E-state index is 11.0. The SMILES string of the molecule is CC(=O)c1cccc(O)c1CCl. The molecule has 0 saturated heterocycles. The van der Waals surface area contributed by atoms with E-state index in [-0.39, 0.29) is 17.4 Å². The van der Waals surface area contributed by atoms with Crippen LogP contribution in [-0.2, 0) is 5.88 Å². The van der Waals surface area contributed by atoms with E-state index in [1.807, 2.05) is 0 Å². The van der Waals surface area contributed by atoms with Crippen LogP contribution >= 0.6 is 11.6 Å².